The molecule has 0 heteroatoms. The van der Waals surface area contributed by atoms with Crippen molar-refractivity contribution in [3.05, 3.63) is 19.6 Å². The van der Waals surface area contributed by atoms with E-state index in [0.717, 1.165) is 12.8 Å². The zero-order chi connectivity index (χ0) is 5.70. The molecule has 0 aliphatic rings. The van der Waals surface area contributed by atoms with E-state index in [1.165, 1.54) is 0 Å². The SMILES string of the molecule is [CH]=CCC([CH2])CC. The lowest BCUT2D eigenvalue weighted by Gasteiger charge is -1.99. The lowest BCUT2D eigenvalue weighted by Crippen LogP contribution is -1.87. The summed E-state index contributed by atoms with van der Waals surface area (Å²) in [6.45, 7) is 11.1. The molecule has 0 amide bonds. The third kappa shape index (κ3) is 3.57. The largest absolute Gasteiger partial charge is 0.0843 e. The Bertz CT molecular complexity index is 46.0. The van der Waals surface area contributed by atoms with Gasteiger partial charge >= 0.3 is 0 Å². The topological polar surface area (TPSA) is 0 Å². The highest BCUT2D eigenvalue weighted by Gasteiger charge is 1.90. The van der Waals surface area contributed by atoms with Crippen LogP contribution in [0.5, 0.6) is 0 Å². The minimum Gasteiger partial charge on any atom is -0.0843 e. The number of allylic oxidation sites excluding steroid dienone is 1. The summed E-state index contributed by atoms with van der Waals surface area (Å²) in [5.41, 5.74) is 0. The Hall–Kier alpha value is -0.260. The molecule has 0 aromatic carbocycles. The molecular weight excluding hydrogens is 84.1 g/mol. The Morgan fingerprint density at radius 2 is 2.43 bits per heavy atom. The van der Waals surface area contributed by atoms with Gasteiger partial charge in [0.2, 0.25) is 0 Å². The van der Waals surface area contributed by atoms with Crippen LogP contribution in [0, 0.1) is 19.4 Å². The Labute approximate surface area is 46.2 Å². The van der Waals surface area contributed by atoms with Crippen molar-refractivity contribution in [3.63, 3.8) is 0 Å². The molecule has 0 aromatic heterocycles. The standard InChI is InChI=1S/C7H12/c1-4-6-7(3)5-2/h1,4,7H,3,5-6H2,2H3. The van der Waals surface area contributed by atoms with Crippen molar-refractivity contribution in [3.8, 4) is 0 Å². The second kappa shape index (κ2) is 3.91. The highest BCUT2D eigenvalue weighted by molar-refractivity contribution is 4.70. The predicted octanol–water partition coefficient (Wildman–Crippen LogP) is 2.23. The van der Waals surface area contributed by atoms with Gasteiger partial charge in [-0.2, -0.15) is 0 Å². The van der Waals surface area contributed by atoms with Gasteiger partial charge < -0.3 is 0 Å². The molecule has 0 rings (SSSR count). The fourth-order valence-electron chi connectivity index (χ4n) is 0.359. The molecule has 0 saturated heterocycles. The first-order valence-corrected chi connectivity index (χ1v) is 2.67. The van der Waals surface area contributed by atoms with Crippen molar-refractivity contribution in [2.45, 2.75) is 19.8 Å². The van der Waals surface area contributed by atoms with E-state index in [-0.39, 0.29) is 0 Å². The molecule has 0 spiro atoms. The molecule has 40 valence electrons. The zero-order valence-corrected chi connectivity index (χ0v) is 4.85. The van der Waals surface area contributed by atoms with E-state index < -0.39 is 0 Å². The van der Waals surface area contributed by atoms with Crippen molar-refractivity contribution >= 4 is 0 Å². The van der Waals surface area contributed by atoms with E-state index in [2.05, 4.69) is 13.8 Å². The van der Waals surface area contributed by atoms with E-state index in [1.54, 1.807) is 6.08 Å². The number of hydrogen-bond donors (Lipinski definition) is 0. The third-order valence-corrected chi connectivity index (χ3v) is 1.05. The van der Waals surface area contributed by atoms with Crippen molar-refractivity contribution in [2.24, 2.45) is 5.92 Å². The van der Waals surface area contributed by atoms with Crippen LogP contribution in [0.25, 0.3) is 0 Å². The first kappa shape index (κ1) is 6.74. The maximum atomic E-state index is 5.14. The average Bonchev–Trinajstić information content (AvgIpc) is 1.68. The molecule has 1 atom stereocenters. The van der Waals surface area contributed by atoms with Crippen LogP contribution in [0.15, 0.2) is 6.08 Å². The average molecular weight is 96.2 g/mol. The van der Waals surface area contributed by atoms with Gasteiger partial charge in [-0.05, 0) is 19.3 Å². The van der Waals surface area contributed by atoms with Gasteiger partial charge in [-0.15, -0.1) is 0 Å². The number of hydrogen-bond acceptors (Lipinski definition) is 0. The lowest BCUT2D eigenvalue weighted by molar-refractivity contribution is 0.634. The second-order valence-electron chi connectivity index (χ2n) is 1.75. The summed E-state index contributed by atoms with van der Waals surface area (Å²) >= 11 is 0. The first-order valence-electron chi connectivity index (χ1n) is 2.67. The monoisotopic (exact) mass is 96.1 g/mol. The van der Waals surface area contributed by atoms with Crippen LogP contribution in [0.4, 0.5) is 0 Å². The van der Waals surface area contributed by atoms with Gasteiger partial charge in [0.25, 0.3) is 0 Å². The lowest BCUT2D eigenvalue weighted by atomic mass is 10.1. The maximum Gasteiger partial charge on any atom is -0.0319 e. The molecule has 0 bridgehead atoms. The molecule has 0 aliphatic heterocycles. The molecule has 0 nitrogen and oxygen atoms in total. The summed E-state index contributed by atoms with van der Waals surface area (Å²) in [6, 6.07) is 0. The van der Waals surface area contributed by atoms with Crippen LogP contribution >= 0.6 is 0 Å². The van der Waals surface area contributed by atoms with Crippen molar-refractivity contribution in [1.82, 2.24) is 0 Å². The minimum atomic E-state index is 0.519. The van der Waals surface area contributed by atoms with E-state index in [1.807, 2.05) is 0 Å². The summed E-state index contributed by atoms with van der Waals surface area (Å²) in [7, 11) is 0. The van der Waals surface area contributed by atoms with Gasteiger partial charge in [-0.1, -0.05) is 26.0 Å². The van der Waals surface area contributed by atoms with Crippen molar-refractivity contribution < 1.29 is 0 Å². The highest BCUT2D eigenvalue weighted by Crippen LogP contribution is 2.04. The van der Waals surface area contributed by atoms with Crippen LogP contribution < -0.4 is 0 Å². The molecule has 2 radical (unpaired) electrons. The second-order valence-corrected chi connectivity index (χ2v) is 1.75. The highest BCUT2D eigenvalue weighted by atomic mass is 14.0. The van der Waals surface area contributed by atoms with E-state index in [9.17, 15) is 0 Å². The fraction of sp³-hybridized carbons (Fsp3) is 0.571. The van der Waals surface area contributed by atoms with E-state index in [0.29, 0.717) is 5.92 Å². The van der Waals surface area contributed by atoms with E-state index >= 15 is 0 Å². The van der Waals surface area contributed by atoms with Crippen LogP contribution in [0.3, 0.4) is 0 Å². The molecule has 0 aromatic rings. The van der Waals surface area contributed by atoms with Gasteiger partial charge in [0.15, 0.2) is 0 Å². The predicted molar refractivity (Wildman–Crippen MR) is 32.6 cm³/mol. The smallest absolute Gasteiger partial charge is 0.0319 e. The molecule has 0 heterocycles. The van der Waals surface area contributed by atoms with Gasteiger partial charge in [0.05, 0.1) is 0 Å². The minimum absolute atomic E-state index is 0.519. The van der Waals surface area contributed by atoms with Gasteiger partial charge in [-0.25, -0.2) is 0 Å². The van der Waals surface area contributed by atoms with Crippen LogP contribution in [0.2, 0.25) is 0 Å². The molecule has 7 heavy (non-hydrogen) atoms. The maximum absolute atomic E-state index is 5.14. The van der Waals surface area contributed by atoms with Crippen LogP contribution in [0.1, 0.15) is 19.8 Å². The van der Waals surface area contributed by atoms with Crippen LogP contribution in [-0.4, -0.2) is 0 Å². The Morgan fingerprint density at radius 3 is 2.57 bits per heavy atom. The molecule has 0 fully saturated rings. The van der Waals surface area contributed by atoms with Gasteiger partial charge in [0, 0.05) is 0 Å². The quantitative estimate of drug-likeness (QED) is 0.505. The summed E-state index contributed by atoms with van der Waals surface area (Å²) in [6.07, 6.45) is 3.73. The van der Waals surface area contributed by atoms with Crippen molar-refractivity contribution in [1.29, 1.82) is 0 Å². The summed E-state index contributed by atoms with van der Waals surface area (Å²) in [4.78, 5) is 0. The summed E-state index contributed by atoms with van der Waals surface area (Å²) < 4.78 is 0. The molecular formula is C7H12. The fourth-order valence-corrected chi connectivity index (χ4v) is 0.359. The molecule has 0 N–H and O–H groups in total. The Balaban J connectivity index is 2.98. The van der Waals surface area contributed by atoms with Crippen LogP contribution in [-0.2, 0) is 0 Å². The third-order valence-electron chi connectivity index (χ3n) is 1.05. The first-order chi connectivity index (χ1) is 3.31. The molecule has 1 unspecified atom stereocenters. The van der Waals surface area contributed by atoms with Gasteiger partial charge in [0.1, 0.15) is 0 Å². The Kier molecular flexibility index (Phi) is 3.77. The zero-order valence-electron chi connectivity index (χ0n) is 4.85. The normalized spacial score (nSPS) is 13.4. The number of rotatable bonds is 3. The molecule has 0 saturated carbocycles. The van der Waals surface area contributed by atoms with E-state index in [4.69, 9.17) is 6.58 Å². The summed E-state index contributed by atoms with van der Waals surface area (Å²) in [5, 5.41) is 0. The molecule has 0 aliphatic carbocycles. The van der Waals surface area contributed by atoms with Gasteiger partial charge in [-0.3, -0.25) is 0 Å². The van der Waals surface area contributed by atoms with Crippen molar-refractivity contribution in [2.75, 3.05) is 0 Å². The Morgan fingerprint density at radius 1 is 1.86 bits per heavy atom. The summed E-state index contributed by atoms with van der Waals surface area (Å²) in [5.74, 6) is 0.519.